The highest BCUT2D eigenvalue weighted by molar-refractivity contribution is 5.96. The van der Waals surface area contributed by atoms with Crippen LogP contribution in [0.5, 0.6) is 5.88 Å². The van der Waals surface area contributed by atoms with Crippen LogP contribution in [0.15, 0.2) is 18.3 Å². The molecule has 1 heterocycles. The van der Waals surface area contributed by atoms with Gasteiger partial charge in [0.25, 0.3) is 5.91 Å². The summed E-state index contributed by atoms with van der Waals surface area (Å²) in [6, 6.07) is 1.88. The van der Waals surface area contributed by atoms with Crippen LogP contribution in [-0.2, 0) is 4.79 Å². The number of carboxylic acids is 1. The second-order valence-electron chi connectivity index (χ2n) is 4.65. The lowest BCUT2D eigenvalue weighted by Gasteiger charge is -2.18. The number of carbonyl (C=O) groups excluding carboxylic acids is 1. The fourth-order valence-corrected chi connectivity index (χ4v) is 1.45. The molecule has 0 radical (unpaired) electrons. The number of hydrogen-bond acceptors (Lipinski definition) is 4. The Bertz CT molecular complexity index is 548. The van der Waals surface area contributed by atoms with Crippen LogP contribution in [0, 0.1) is 5.92 Å². The predicted molar refractivity (Wildman–Crippen MR) is 69.5 cm³/mol. The lowest BCUT2D eigenvalue weighted by Crippen LogP contribution is -2.40. The summed E-state index contributed by atoms with van der Waals surface area (Å²) in [6.07, 6.45) is -3.37. The minimum absolute atomic E-state index is 0.198. The lowest BCUT2D eigenvalue weighted by molar-refractivity contribution is -0.154. The van der Waals surface area contributed by atoms with Gasteiger partial charge >= 0.3 is 12.1 Å². The number of aromatic nitrogens is 1. The molecule has 1 rings (SSSR count). The molecule has 0 saturated carbocycles. The van der Waals surface area contributed by atoms with Gasteiger partial charge in [0.15, 0.2) is 6.61 Å². The summed E-state index contributed by atoms with van der Waals surface area (Å²) in [4.78, 5) is 26.4. The molecule has 22 heavy (non-hydrogen) atoms. The molecule has 0 bridgehead atoms. The summed E-state index contributed by atoms with van der Waals surface area (Å²) in [7, 11) is 0. The Morgan fingerprint density at radius 2 is 2.05 bits per heavy atom. The monoisotopic (exact) mass is 320 g/mol. The van der Waals surface area contributed by atoms with Gasteiger partial charge in [0.05, 0.1) is 5.92 Å². The summed E-state index contributed by atoms with van der Waals surface area (Å²) < 4.78 is 41.0. The standard InChI is InChI=1S/C13H15F3N2O4/c1-7(12(20)21)8(2)18-10(19)9-4-3-5-17-11(9)22-6-13(14,15)16/h3-5,7-8H,6H2,1-2H3,(H,18,19)(H,20,21). The predicted octanol–water partition coefficient (Wildman–Crippen LogP) is 1.86. The van der Waals surface area contributed by atoms with Crippen molar-refractivity contribution in [3.63, 3.8) is 0 Å². The van der Waals surface area contributed by atoms with Crippen molar-refractivity contribution in [3.8, 4) is 5.88 Å². The van der Waals surface area contributed by atoms with Crippen molar-refractivity contribution in [2.45, 2.75) is 26.1 Å². The van der Waals surface area contributed by atoms with E-state index in [1.54, 1.807) is 0 Å². The number of aliphatic carboxylic acids is 1. The van der Waals surface area contributed by atoms with E-state index in [4.69, 9.17) is 5.11 Å². The lowest BCUT2D eigenvalue weighted by atomic mass is 10.0. The van der Waals surface area contributed by atoms with E-state index in [0.29, 0.717) is 0 Å². The number of nitrogens with zero attached hydrogens (tertiary/aromatic N) is 1. The topological polar surface area (TPSA) is 88.5 Å². The van der Waals surface area contributed by atoms with Crippen molar-refractivity contribution in [1.82, 2.24) is 10.3 Å². The first kappa shape index (κ1) is 17.7. The van der Waals surface area contributed by atoms with E-state index in [2.05, 4.69) is 15.0 Å². The average molecular weight is 320 g/mol. The number of ether oxygens (including phenoxy) is 1. The SMILES string of the molecule is CC(NC(=O)c1cccnc1OCC(F)(F)F)C(C)C(=O)O. The third-order valence-electron chi connectivity index (χ3n) is 2.89. The summed E-state index contributed by atoms with van der Waals surface area (Å²) in [6.45, 7) is 1.30. The number of halogens is 3. The number of carbonyl (C=O) groups is 2. The molecule has 0 aliphatic carbocycles. The summed E-state index contributed by atoms with van der Waals surface area (Å²) in [5, 5.41) is 11.2. The van der Waals surface area contributed by atoms with Crippen molar-refractivity contribution >= 4 is 11.9 Å². The van der Waals surface area contributed by atoms with Gasteiger partial charge in [-0.05, 0) is 26.0 Å². The number of amides is 1. The minimum Gasteiger partial charge on any atom is -0.481 e. The third-order valence-corrected chi connectivity index (χ3v) is 2.89. The van der Waals surface area contributed by atoms with Crippen molar-refractivity contribution in [2.75, 3.05) is 6.61 Å². The normalized spacial score (nSPS) is 14.0. The molecule has 0 aromatic carbocycles. The number of pyridine rings is 1. The minimum atomic E-state index is -4.56. The van der Waals surface area contributed by atoms with Crippen LogP contribution in [0.4, 0.5) is 13.2 Å². The van der Waals surface area contributed by atoms with Gasteiger partial charge in [-0.15, -0.1) is 0 Å². The third kappa shape index (κ3) is 5.23. The van der Waals surface area contributed by atoms with Crippen LogP contribution in [0.1, 0.15) is 24.2 Å². The number of rotatable bonds is 6. The maximum atomic E-state index is 12.2. The van der Waals surface area contributed by atoms with Crippen LogP contribution >= 0.6 is 0 Å². The van der Waals surface area contributed by atoms with E-state index in [9.17, 15) is 22.8 Å². The highest BCUT2D eigenvalue weighted by Crippen LogP contribution is 2.20. The van der Waals surface area contributed by atoms with E-state index in [1.807, 2.05) is 0 Å². The molecule has 6 nitrogen and oxygen atoms in total. The molecule has 2 unspecified atom stereocenters. The van der Waals surface area contributed by atoms with Crippen molar-refractivity contribution in [1.29, 1.82) is 0 Å². The van der Waals surface area contributed by atoms with E-state index in [0.717, 1.165) is 0 Å². The molecule has 0 aliphatic rings. The summed E-state index contributed by atoms with van der Waals surface area (Å²) in [5.41, 5.74) is -0.198. The average Bonchev–Trinajstić information content (AvgIpc) is 2.43. The quantitative estimate of drug-likeness (QED) is 0.835. The summed E-state index contributed by atoms with van der Waals surface area (Å²) in [5.74, 6) is -3.19. The zero-order valence-electron chi connectivity index (χ0n) is 11.8. The second-order valence-corrected chi connectivity index (χ2v) is 4.65. The number of carboxylic acid groups (broad SMARTS) is 1. The molecule has 2 atom stereocenters. The Balaban J connectivity index is 2.83. The number of alkyl halides is 3. The Hall–Kier alpha value is -2.32. The first-order chi connectivity index (χ1) is 10.1. The maximum absolute atomic E-state index is 12.2. The maximum Gasteiger partial charge on any atom is 0.422 e. The Labute approximate surface area is 124 Å². The van der Waals surface area contributed by atoms with E-state index in [-0.39, 0.29) is 5.56 Å². The fourth-order valence-electron chi connectivity index (χ4n) is 1.45. The molecule has 0 spiro atoms. The van der Waals surface area contributed by atoms with Gasteiger partial charge < -0.3 is 15.2 Å². The van der Waals surface area contributed by atoms with Crippen molar-refractivity contribution in [2.24, 2.45) is 5.92 Å². The van der Waals surface area contributed by atoms with Crippen LogP contribution in [0.3, 0.4) is 0 Å². The zero-order chi connectivity index (χ0) is 16.9. The number of hydrogen-bond donors (Lipinski definition) is 2. The van der Waals surface area contributed by atoms with Gasteiger partial charge in [0.2, 0.25) is 5.88 Å². The molecule has 9 heteroatoms. The largest absolute Gasteiger partial charge is 0.481 e. The van der Waals surface area contributed by atoms with Gasteiger partial charge in [-0.1, -0.05) is 0 Å². The van der Waals surface area contributed by atoms with E-state index >= 15 is 0 Å². The molecule has 1 aromatic heterocycles. The van der Waals surface area contributed by atoms with Gasteiger partial charge in [0, 0.05) is 12.2 Å². The van der Waals surface area contributed by atoms with Crippen LogP contribution < -0.4 is 10.1 Å². The van der Waals surface area contributed by atoms with E-state index < -0.39 is 42.5 Å². The molecule has 0 fully saturated rings. The Kier molecular flexibility index (Phi) is 5.72. The van der Waals surface area contributed by atoms with E-state index in [1.165, 1.54) is 32.2 Å². The van der Waals surface area contributed by atoms with Crippen molar-refractivity contribution < 1.29 is 32.6 Å². The highest BCUT2D eigenvalue weighted by Gasteiger charge is 2.30. The Morgan fingerprint density at radius 3 is 2.59 bits per heavy atom. The van der Waals surface area contributed by atoms with Crippen LogP contribution in [-0.4, -0.2) is 40.8 Å². The van der Waals surface area contributed by atoms with Gasteiger partial charge in [-0.25, -0.2) is 4.98 Å². The van der Waals surface area contributed by atoms with Crippen LogP contribution in [0.25, 0.3) is 0 Å². The first-order valence-corrected chi connectivity index (χ1v) is 6.30. The Morgan fingerprint density at radius 1 is 1.41 bits per heavy atom. The summed E-state index contributed by atoms with van der Waals surface area (Å²) >= 11 is 0. The van der Waals surface area contributed by atoms with Gasteiger partial charge in [-0.2, -0.15) is 13.2 Å². The van der Waals surface area contributed by atoms with Gasteiger partial charge in [0.1, 0.15) is 5.56 Å². The van der Waals surface area contributed by atoms with Crippen LogP contribution in [0.2, 0.25) is 0 Å². The smallest absolute Gasteiger partial charge is 0.422 e. The number of nitrogens with one attached hydrogen (secondary N) is 1. The molecule has 2 N–H and O–H groups in total. The van der Waals surface area contributed by atoms with Crippen molar-refractivity contribution in [3.05, 3.63) is 23.9 Å². The highest BCUT2D eigenvalue weighted by atomic mass is 19.4. The molecule has 1 amide bonds. The second kappa shape index (κ2) is 7.10. The molecule has 1 aromatic rings. The molecular formula is C13H15F3N2O4. The first-order valence-electron chi connectivity index (χ1n) is 6.30. The molecule has 0 saturated heterocycles. The zero-order valence-corrected chi connectivity index (χ0v) is 11.8. The molecule has 0 aliphatic heterocycles. The molecular weight excluding hydrogens is 305 g/mol. The molecule has 122 valence electrons. The fraction of sp³-hybridized carbons (Fsp3) is 0.462. The van der Waals surface area contributed by atoms with Gasteiger partial charge in [-0.3, -0.25) is 9.59 Å².